The summed E-state index contributed by atoms with van der Waals surface area (Å²) in [6.45, 7) is 0. The van der Waals surface area contributed by atoms with Gasteiger partial charge >= 0.3 is 12.2 Å². The van der Waals surface area contributed by atoms with Crippen molar-refractivity contribution in [2.75, 3.05) is 10.6 Å². The molecule has 1 heterocycles. The van der Waals surface area contributed by atoms with Crippen molar-refractivity contribution < 1.29 is 22.9 Å². The van der Waals surface area contributed by atoms with E-state index in [-0.39, 0.29) is 28.5 Å². The lowest BCUT2D eigenvalue weighted by molar-refractivity contribution is -0.384. The lowest BCUT2D eigenvalue weighted by Crippen LogP contribution is -2.20. The summed E-state index contributed by atoms with van der Waals surface area (Å²) in [6, 6.07) is 6.73. The number of carbonyl (C=O) groups is 1. The van der Waals surface area contributed by atoms with Crippen LogP contribution < -0.4 is 10.6 Å². The summed E-state index contributed by atoms with van der Waals surface area (Å²) in [5.74, 6) is -0.0157. The number of H-pyrrole nitrogens is 1. The minimum absolute atomic E-state index is 0.0157. The van der Waals surface area contributed by atoms with E-state index in [9.17, 15) is 28.1 Å². The highest BCUT2D eigenvalue weighted by Crippen LogP contribution is 2.31. The smallest absolute Gasteiger partial charge is 0.308 e. The molecule has 2 aromatic carbocycles. The van der Waals surface area contributed by atoms with Crippen molar-refractivity contribution in [2.45, 2.75) is 6.18 Å². The van der Waals surface area contributed by atoms with Gasteiger partial charge in [-0.05, 0) is 29.5 Å². The lowest BCUT2D eigenvalue weighted by Gasteiger charge is -2.12. The highest BCUT2D eigenvalue weighted by Gasteiger charge is 2.30. The van der Waals surface area contributed by atoms with Crippen LogP contribution in [0.15, 0.2) is 42.5 Å². The monoisotopic (exact) mass is 393 g/mol. The molecular weight excluding hydrogens is 383 g/mol. The molecule has 144 valence electrons. The van der Waals surface area contributed by atoms with Crippen LogP contribution in [0.1, 0.15) is 5.56 Å². The molecule has 0 saturated heterocycles. The molecule has 2 amide bonds. The molecule has 0 aliphatic carbocycles. The first kappa shape index (κ1) is 18.8. The molecule has 0 spiro atoms. The average molecular weight is 393 g/mol. The third-order valence-electron chi connectivity index (χ3n) is 3.50. The van der Waals surface area contributed by atoms with Crippen LogP contribution in [0.4, 0.5) is 35.0 Å². The number of urea groups is 1. The van der Waals surface area contributed by atoms with Crippen LogP contribution in [-0.4, -0.2) is 31.6 Å². The van der Waals surface area contributed by atoms with E-state index in [1.165, 1.54) is 12.1 Å². The summed E-state index contributed by atoms with van der Waals surface area (Å²) in [4.78, 5) is 22.5. The summed E-state index contributed by atoms with van der Waals surface area (Å²) in [7, 11) is 0. The standard InChI is InChI=1S/C15H10F3N7O3/c16-15(17,18)8-2-1-3-9(6-8)19-14(26)20-12-5-4-10(25(27)28)7-11(12)13-21-23-24-22-13/h1-7H,(H2,19,20,26)(H,21,22,23,24). The Morgan fingerprint density at radius 3 is 2.57 bits per heavy atom. The molecule has 0 aliphatic heterocycles. The number of nitrogens with zero attached hydrogens (tertiary/aromatic N) is 4. The Hall–Kier alpha value is -4.03. The van der Waals surface area contributed by atoms with E-state index in [2.05, 4.69) is 31.3 Å². The number of benzene rings is 2. The van der Waals surface area contributed by atoms with Gasteiger partial charge in [-0.2, -0.15) is 18.4 Å². The molecule has 3 N–H and O–H groups in total. The van der Waals surface area contributed by atoms with Gasteiger partial charge in [0.15, 0.2) is 0 Å². The minimum Gasteiger partial charge on any atom is -0.308 e. The van der Waals surface area contributed by atoms with E-state index >= 15 is 0 Å². The summed E-state index contributed by atoms with van der Waals surface area (Å²) in [5, 5.41) is 28.6. The van der Waals surface area contributed by atoms with Gasteiger partial charge in [-0.3, -0.25) is 10.1 Å². The molecule has 10 nitrogen and oxygen atoms in total. The Balaban J connectivity index is 1.84. The first-order chi connectivity index (χ1) is 13.2. The Morgan fingerprint density at radius 2 is 1.93 bits per heavy atom. The number of rotatable bonds is 4. The predicted molar refractivity (Wildman–Crippen MR) is 90.4 cm³/mol. The van der Waals surface area contributed by atoms with Gasteiger partial charge in [0.25, 0.3) is 5.69 Å². The fraction of sp³-hybridized carbons (Fsp3) is 0.0667. The van der Waals surface area contributed by atoms with Crippen LogP contribution in [0, 0.1) is 10.1 Å². The van der Waals surface area contributed by atoms with Crippen molar-refractivity contribution in [3.8, 4) is 11.4 Å². The van der Waals surface area contributed by atoms with Crippen molar-refractivity contribution in [1.82, 2.24) is 20.6 Å². The summed E-state index contributed by atoms with van der Waals surface area (Å²) in [6.07, 6.45) is -4.56. The largest absolute Gasteiger partial charge is 0.416 e. The first-order valence-corrected chi connectivity index (χ1v) is 7.51. The molecular formula is C15H10F3N7O3. The van der Waals surface area contributed by atoms with Gasteiger partial charge in [-0.1, -0.05) is 6.07 Å². The van der Waals surface area contributed by atoms with E-state index in [1.807, 2.05) is 0 Å². The molecule has 0 bridgehead atoms. The summed E-state index contributed by atoms with van der Waals surface area (Å²) < 4.78 is 38.3. The number of anilines is 2. The Kier molecular flexibility index (Phi) is 4.89. The Labute approximate surface area is 153 Å². The fourth-order valence-electron chi connectivity index (χ4n) is 2.27. The zero-order valence-corrected chi connectivity index (χ0v) is 13.7. The molecule has 0 radical (unpaired) electrons. The lowest BCUT2D eigenvalue weighted by atomic mass is 10.1. The quantitative estimate of drug-likeness (QED) is 0.458. The molecule has 0 atom stereocenters. The van der Waals surface area contributed by atoms with Crippen LogP contribution >= 0.6 is 0 Å². The number of hydrogen-bond donors (Lipinski definition) is 3. The second-order valence-electron chi connectivity index (χ2n) is 5.38. The number of alkyl halides is 3. The van der Waals surface area contributed by atoms with E-state index in [1.54, 1.807) is 0 Å². The van der Waals surface area contributed by atoms with Gasteiger partial charge in [0.1, 0.15) is 0 Å². The number of nitro groups is 1. The summed E-state index contributed by atoms with van der Waals surface area (Å²) >= 11 is 0. The molecule has 0 fully saturated rings. The minimum atomic E-state index is -4.56. The van der Waals surface area contributed by atoms with Crippen LogP contribution in [0.3, 0.4) is 0 Å². The maximum absolute atomic E-state index is 12.8. The Morgan fingerprint density at radius 1 is 1.14 bits per heavy atom. The molecule has 0 unspecified atom stereocenters. The van der Waals surface area contributed by atoms with Crippen molar-refractivity contribution in [3.63, 3.8) is 0 Å². The molecule has 13 heteroatoms. The second-order valence-corrected chi connectivity index (χ2v) is 5.38. The zero-order valence-electron chi connectivity index (χ0n) is 13.7. The number of nitrogens with one attached hydrogen (secondary N) is 3. The van der Waals surface area contributed by atoms with Crippen LogP contribution in [0.25, 0.3) is 11.4 Å². The highest BCUT2D eigenvalue weighted by atomic mass is 19.4. The number of tetrazole rings is 1. The topological polar surface area (TPSA) is 139 Å². The normalized spacial score (nSPS) is 11.1. The second kappa shape index (κ2) is 7.30. The summed E-state index contributed by atoms with van der Waals surface area (Å²) in [5.41, 5.74) is -1.09. The molecule has 3 aromatic rings. The first-order valence-electron chi connectivity index (χ1n) is 7.51. The number of amides is 2. The number of nitro benzene ring substituents is 1. The molecule has 28 heavy (non-hydrogen) atoms. The number of hydrogen-bond acceptors (Lipinski definition) is 6. The number of aromatic nitrogens is 4. The fourth-order valence-corrected chi connectivity index (χ4v) is 2.27. The number of halogens is 3. The van der Waals surface area contributed by atoms with Gasteiger partial charge in [-0.15, -0.1) is 10.2 Å². The van der Waals surface area contributed by atoms with E-state index in [4.69, 9.17) is 0 Å². The van der Waals surface area contributed by atoms with E-state index < -0.39 is 22.7 Å². The van der Waals surface area contributed by atoms with Crippen LogP contribution in [0.2, 0.25) is 0 Å². The third kappa shape index (κ3) is 4.20. The van der Waals surface area contributed by atoms with Crippen LogP contribution in [-0.2, 0) is 6.18 Å². The van der Waals surface area contributed by atoms with Gasteiger partial charge in [0.05, 0.1) is 21.7 Å². The van der Waals surface area contributed by atoms with Crippen molar-refractivity contribution >= 4 is 23.1 Å². The number of non-ortho nitro benzene ring substituents is 1. The van der Waals surface area contributed by atoms with Crippen molar-refractivity contribution in [3.05, 3.63) is 58.1 Å². The molecule has 3 rings (SSSR count). The highest BCUT2D eigenvalue weighted by molar-refractivity contribution is 6.02. The van der Waals surface area contributed by atoms with E-state index in [0.29, 0.717) is 0 Å². The van der Waals surface area contributed by atoms with Gasteiger partial charge in [0, 0.05) is 17.8 Å². The third-order valence-corrected chi connectivity index (χ3v) is 3.50. The average Bonchev–Trinajstić information content (AvgIpc) is 3.15. The maximum Gasteiger partial charge on any atom is 0.416 e. The SMILES string of the molecule is O=C(Nc1cccc(C(F)(F)F)c1)Nc1ccc([N+](=O)[O-])cc1-c1nn[nH]n1. The van der Waals surface area contributed by atoms with E-state index in [0.717, 1.165) is 30.3 Å². The number of aromatic amines is 1. The van der Waals surface area contributed by atoms with Gasteiger partial charge in [-0.25, -0.2) is 4.79 Å². The van der Waals surface area contributed by atoms with Crippen molar-refractivity contribution in [1.29, 1.82) is 0 Å². The zero-order chi connectivity index (χ0) is 20.3. The van der Waals surface area contributed by atoms with Crippen molar-refractivity contribution in [2.24, 2.45) is 0 Å². The number of carbonyl (C=O) groups excluding carboxylic acids is 1. The van der Waals surface area contributed by atoms with Crippen LogP contribution in [0.5, 0.6) is 0 Å². The predicted octanol–water partition coefficient (Wildman–Crippen LogP) is 3.44. The molecule has 0 saturated carbocycles. The van der Waals surface area contributed by atoms with Gasteiger partial charge in [0.2, 0.25) is 5.82 Å². The van der Waals surface area contributed by atoms with Gasteiger partial charge < -0.3 is 10.6 Å². The Bertz CT molecular complexity index is 1020. The molecule has 1 aromatic heterocycles. The maximum atomic E-state index is 12.8. The molecule has 0 aliphatic rings.